The van der Waals surface area contributed by atoms with Crippen LogP contribution in [0.4, 0.5) is 5.82 Å². The Morgan fingerprint density at radius 1 is 1.69 bits per heavy atom. The van der Waals surface area contributed by atoms with Gasteiger partial charge in [-0.25, -0.2) is 4.98 Å². The van der Waals surface area contributed by atoms with Crippen molar-refractivity contribution in [1.29, 1.82) is 5.41 Å². The van der Waals surface area contributed by atoms with Gasteiger partial charge in [0.15, 0.2) is 11.0 Å². The van der Waals surface area contributed by atoms with Crippen molar-refractivity contribution in [3.8, 4) is 11.8 Å². The molecule has 0 amide bonds. The number of nitrogen functional groups attached to an aromatic ring is 1. The molecule has 84 valence electrons. The number of carbonyl (C=O) groups is 1. The lowest BCUT2D eigenvalue weighted by atomic mass is 10.3. The number of anilines is 1. The fourth-order valence-electron chi connectivity index (χ4n) is 0.846. The first-order chi connectivity index (χ1) is 7.59. The minimum absolute atomic E-state index is 0.110. The highest BCUT2D eigenvalue weighted by molar-refractivity contribution is 7.12. The molecule has 7 heteroatoms. The van der Waals surface area contributed by atoms with Gasteiger partial charge in [0.05, 0.1) is 0 Å². The molecule has 1 rings (SSSR count). The summed E-state index contributed by atoms with van der Waals surface area (Å²) in [4.78, 5) is 15.2. The summed E-state index contributed by atoms with van der Waals surface area (Å²) in [5.41, 5.74) is 10.4. The predicted molar refractivity (Wildman–Crippen MR) is 63.2 cm³/mol. The van der Waals surface area contributed by atoms with Crippen LogP contribution in [-0.2, 0) is 0 Å². The molecule has 0 aliphatic carbocycles. The first kappa shape index (κ1) is 12.0. The molecule has 16 heavy (non-hydrogen) atoms. The summed E-state index contributed by atoms with van der Waals surface area (Å²) >= 11 is 1.17. The van der Waals surface area contributed by atoms with Crippen LogP contribution in [0.1, 0.15) is 16.2 Å². The number of nitrogens with zero attached hydrogens (tertiary/aromatic N) is 1. The lowest BCUT2D eigenvalue weighted by molar-refractivity contribution is 0.105. The Morgan fingerprint density at radius 2 is 2.44 bits per heavy atom. The van der Waals surface area contributed by atoms with E-state index >= 15 is 0 Å². The molecule has 1 heterocycles. The topological polar surface area (TPSA) is 118 Å². The van der Waals surface area contributed by atoms with Gasteiger partial charge in [0.1, 0.15) is 5.82 Å². The number of carbonyl (C=O) groups excluding carboxylic acids is 1. The van der Waals surface area contributed by atoms with Gasteiger partial charge in [0, 0.05) is 18.3 Å². The molecule has 6 nitrogen and oxygen atoms in total. The molecule has 1 aromatic heterocycles. The zero-order chi connectivity index (χ0) is 12.0. The van der Waals surface area contributed by atoms with E-state index in [0.29, 0.717) is 23.8 Å². The predicted octanol–water partition coefficient (Wildman–Crippen LogP) is -0.215. The van der Waals surface area contributed by atoms with Crippen LogP contribution in [0, 0.1) is 17.3 Å². The van der Waals surface area contributed by atoms with Gasteiger partial charge in [0.25, 0.3) is 5.78 Å². The highest BCUT2D eigenvalue weighted by atomic mass is 32.1. The van der Waals surface area contributed by atoms with Crippen molar-refractivity contribution >= 4 is 28.9 Å². The minimum atomic E-state index is -0.343. The van der Waals surface area contributed by atoms with Gasteiger partial charge in [-0.15, -0.1) is 11.3 Å². The van der Waals surface area contributed by atoms with Gasteiger partial charge >= 0.3 is 0 Å². The number of nitrogens with one attached hydrogen (secondary N) is 2. The molecule has 0 aromatic carbocycles. The summed E-state index contributed by atoms with van der Waals surface area (Å²) in [5, 5.41) is 11.3. The smallest absolute Gasteiger partial charge is 0.264 e. The maximum absolute atomic E-state index is 11.4. The Kier molecular flexibility index (Phi) is 4.29. The van der Waals surface area contributed by atoms with Crippen molar-refractivity contribution in [3.63, 3.8) is 0 Å². The van der Waals surface area contributed by atoms with E-state index in [1.807, 2.05) is 0 Å². The summed E-state index contributed by atoms with van der Waals surface area (Å²) < 4.78 is 0. The van der Waals surface area contributed by atoms with Crippen molar-refractivity contribution in [2.24, 2.45) is 5.73 Å². The quantitative estimate of drug-likeness (QED) is 0.145. The number of nitrogens with two attached hydrogens (primary N) is 2. The third-order valence-electron chi connectivity index (χ3n) is 1.48. The van der Waals surface area contributed by atoms with Crippen LogP contribution in [0.5, 0.6) is 0 Å². The van der Waals surface area contributed by atoms with Gasteiger partial charge < -0.3 is 16.8 Å². The molecule has 0 aliphatic rings. The van der Waals surface area contributed by atoms with Crippen molar-refractivity contribution in [2.45, 2.75) is 6.42 Å². The van der Waals surface area contributed by atoms with Gasteiger partial charge in [-0.2, -0.15) is 0 Å². The molecular weight excluding hydrogens is 226 g/mol. The average molecular weight is 237 g/mol. The first-order valence-electron chi connectivity index (χ1n) is 4.41. The molecule has 0 atom stereocenters. The number of thiazole rings is 1. The summed E-state index contributed by atoms with van der Waals surface area (Å²) in [7, 11) is 0. The lowest BCUT2D eigenvalue weighted by Crippen LogP contribution is -2.30. The number of Topliss-reactive ketones (excluding diaryl/α,β-unsaturated/α-hetero) is 1. The Balaban J connectivity index is 2.40. The second-order valence-electron chi connectivity index (χ2n) is 2.80. The van der Waals surface area contributed by atoms with Crippen LogP contribution in [0.15, 0.2) is 5.38 Å². The summed E-state index contributed by atoms with van der Waals surface area (Å²) in [6, 6.07) is 0. The van der Waals surface area contributed by atoms with Crippen molar-refractivity contribution in [1.82, 2.24) is 10.3 Å². The summed E-state index contributed by atoms with van der Waals surface area (Å²) in [6.07, 6.45) is 0.437. The third kappa shape index (κ3) is 3.98. The van der Waals surface area contributed by atoms with E-state index in [9.17, 15) is 4.79 Å². The van der Waals surface area contributed by atoms with Gasteiger partial charge in [-0.3, -0.25) is 10.2 Å². The molecule has 0 aliphatic heterocycles. The van der Waals surface area contributed by atoms with E-state index in [4.69, 9.17) is 16.9 Å². The second kappa shape index (κ2) is 5.72. The first-order valence-corrected chi connectivity index (χ1v) is 5.29. The standard InChI is InChI=1S/C9H11N5OS/c10-7-5-16-8(14-7)6(15)3-1-2-4-13-9(11)12/h5H,2,4,10H2,(H4,11,12,13). The zero-order valence-electron chi connectivity index (χ0n) is 8.41. The van der Waals surface area contributed by atoms with E-state index in [1.165, 1.54) is 11.3 Å². The molecule has 0 radical (unpaired) electrons. The Hall–Kier alpha value is -2.07. The Labute approximate surface area is 96.6 Å². The largest absolute Gasteiger partial charge is 0.383 e. The molecule has 0 fully saturated rings. The van der Waals surface area contributed by atoms with E-state index < -0.39 is 0 Å². The molecule has 0 spiro atoms. The highest BCUT2D eigenvalue weighted by Gasteiger charge is 2.06. The van der Waals surface area contributed by atoms with Gasteiger partial charge in [-0.1, -0.05) is 5.92 Å². The fourth-order valence-corrected chi connectivity index (χ4v) is 1.45. The van der Waals surface area contributed by atoms with Crippen LogP contribution >= 0.6 is 11.3 Å². The Morgan fingerprint density at radius 3 is 3.00 bits per heavy atom. The van der Waals surface area contributed by atoms with Crippen LogP contribution in [0.2, 0.25) is 0 Å². The van der Waals surface area contributed by atoms with Crippen molar-refractivity contribution in [2.75, 3.05) is 12.3 Å². The molecule has 0 saturated heterocycles. The number of rotatable bonds is 3. The lowest BCUT2D eigenvalue weighted by Gasteiger charge is -1.96. The molecule has 0 unspecified atom stereocenters. The van der Waals surface area contributed by atoms with Gasteiger partial charge in [0.2, 0.25) is 0 Å². The van der Waals surface area contributed by atoms with E-state index in [0.717, 1.165) is 0 Å². The maximum Gasteiger partial charge on any atom is 0.264 e. The normalized spacial score (nSPS) is 9.00. The molecule has 0 saturated carbocycles. The zero-order valence-corrected chi connectivity index (χ0v) is 9.23. The number of hydrogen-bond acceptors (Lipinski definition) is 5. The SMILES string of the molecule is N=C(N)NCCC#CC(=O)c1nc(N)cs1. The van der Waals surface area contributed by atoms with Crippen LogP contribution < -0.4 is 16.8 Å². The number of aromatic nitrogens is 1. The molecule has 1 aromatic rings. The summed E-state index contributed by atoms with van der Waals surface area (Å²) in [6.45, 7) is 0.440. The maximum atomic E-state index is 11.4. The van der Waals surface area contributed by atoms with E-state index in [-0.39, 0.29) is 11.7 Å². The molecule has 6 N–H and O–H groups in total. The van der Waals surface area contributed by atoms with E-state index in [1.54, 1.807) is 5.38 Å². The minimum Gasteiger partial charge on any atom is -0.383 e. The average Bonchev–Trinajstić information content (AvgIpc) is 2.63. The number of hydrogen-bond donors (Lipinski definition) is 4. The second-order valence-corrected chi connectivity index (χ2v) is 3.66. The number of ketones is 1. The summed E-state index contributed by atoms with van der Waals surface area (Å²) in [5.74, 6) is 4.97. The molecular formula is C9H11N5OS. The fraction of sp³-hybridized carbons (Fsp3) is 0.222. The Bertz CT molecular complexity index is 456. The van der Waals surface area contributed by atoms with Crippen molar-refractivity contribution < 1.29 is 4.79 Å². The third-order valence-corrected chi connectivity index (χ3v) is 2.34. The van der Waals surface area contributed by atoms with Crippen LogP contribution in [0.3, 0.4) is 0 Å². The van der Waals surface area contributed by atoms with Crippen molar-refractivity contribution in [3.05, 3.63) is 10.4 Å². The van der Waals surface area contributed by atoms with Crippen LogP contribution in [-0.4, -0.2) is 23.3 Å². The molecule has 0 bridgehead atoms. The highest BCUT2D eigenvalue weighted by Crippen LogP contribution is 2.10. The number of guanidine groups is 1. The van der Waals surface area contributed by atoms with E-state index in [2.05, 4.69) is 22.1 Å². The van der Waals surface area contributed by atoms with Crippen LogP contribution in [0.25, 0.3) is 0 Å². The monoisotopic (exact) mass is 237 g/mol. The van der Waals surface area contributed by atoms with Gasteiger partial charge in [-0.05, 0) is 5.92 Å².